The van der Waals surface area contributed by atoms with E-state index in [1.165, 1.54) is 12.3 Å². The van der Waals surface area contributed by atoms with Crippen molar-refractivity contribution in [3.8, 4) is 0 Å². The van der Waals surface area contributed by atoms with Crippen LogP contribution in [0.4, 0.5) is 5.82 Å². The highest BCUT2D eigenvalue weighted by Gasteiger charge is 2.02. The monoisotopic (exact) mass is 242 g/mol. The lowest BCUT2D eigenvalue weighted by Crippen LogP contribution is -2.07. The molecule has 5 nitrogen and oxygen atoms in total. The molecular formula is C10H14N2O3S. The molecular weight excluding hydrogens is 228 g/mol. The summed E-state index contributed by atoms with van der Waals surface area (Å²) in [5.41, 5.74) is 0.167. The summed E-state index contributed by atoms with van der Waals surface area (Å²) in [6.07, 6.45) is 3.77. The average molecular weight is 242 g/mol. The van der Waals surface area contributed by atoms with Gasteiger partial charge in [-0.25, -0.2) is 9.78 Å². The number of aromatic nitrogens is 1. The second-order valence-electron chi connectivity index (χ2n) is 3.29. The third kappa shape index (κ3) is 4.39. The number of nitrogens with zero attached hydrogens (tertiary/aromatic N) is 1. The molecule has 0 spiro atoms. The molecule has 0 saturated carbocycles. The van der Waals surface area contributed by atoms with Crippen LogP contribution in [0.25, 0.3) is 0 Å². The fraction of sp³-hybridized carbons (Fsp3) is 0.400. The summed E-state index contributed by atoms with van der Waals surface area (Å²) < 4.78 is 10.8. The zero-order chi connectivity index (χ0) is 12.0. The highest BCUT2D eigenvalue weighted by Crippen LogP contribution is 2.04. The molecule has 1 aromatic rings. The first kappa shape index (κ1) is 12.6. The van der Waals surface area contributed by atoms with Crippen LogP contribution in [0, 0.1) is 0 Å². The van der Waals surface area contributed by atoms with E-state index in [1.54, 1.807) is 12.3 Å². The fourth-order valence-electron chi connectivity index (χ4n) is 1.12. The van der Waals surface area contributed by atoms with E-state index in [0.29, 0.717) is 18.1 Å². The molecule has 2 N–H and O–H groups in total. The minimum atomic E-state index is -0.986. The van der Waals surface area contributed by atoms with Crippen LogP contribution in [0.1, 0.15) is 16.8 Å². The Morgan fingerprint density at radius 2 is 2.31 bits per heavy atom. The molecule has 88 valence electrons. The molecule has 1 rings (SSSR count). The highest BCUT2D eigenvalue weighted by molar-refractivity contribution is 7.84. The number of carboxylic acid groups (broad SMARTS) is 1. The number of carboxylic acids is 1. The zero-order valence-electron chi connectivity index (χ0n) is 8.97. The lowest BCUT2D eigenvalue weighted by molar-refractivity contribution is 0.0696. The normalized spacial score (nSPS) is 12.1. The number of rotatable bonds is 6. The topological polar surface area (TPSA) is 79.3 Å². The summed E-state index contributed by atoms with van der Waals surface area (Å²) >= 11 is 0. The molecule has 0 aliphatic heterocycles. The van der Waals surface area contributed by atoms with Crippen molar-refractivity contribution in [1.29, 1.82) is 0 Å². The van der Waals surface area contributed by atoms with Crippen LogP contribution in [0.15, 0.2) is 18.3 Å². The third-order valence-electron chi connectivity index (χ3n) is 1.93. The van der Waals surface area contributed by atoms with Crippen molar-refractivity contribution in [1.82, 2.24) is 4.98 Å². The van der Waals surface area contributed by atoms with Gasteiger partial charge in [0.15, 0.2) is 0 Å². The van der Waals surface area contributed by atoms with Gasteiger partial charge in [-0.15, -0.1) is 0 Å². The van der Waals surface area contributed by atoms with Crippen LogP contribution < -0.4 is 5.32 Å². The van der Waals surface area contributed by atoms with E-state index in [2.05, 4.69) is 10.3 Å². The van der Waals surface area contributed by atoms with E-state index in [-0.39, 0.29) is 5.56 Å². The molecule has 0 saturated heterocycles. The molecule has 1 aromatic heterocycles. The van der Waals surface area contributed by atoms with E-state index in [4.69, 9.17) is 5.11 Å². The largest absolute Gasteiger partial charge is 0.478 e. The lowest BCUT2D eigenvalue weighted by Gasteiger charge is -2.04. The van der Waals surface area contributed by atoms with Gasteiger partial charge in [0.25, 0.3) is 0 Å². The summed E-state index contributed by atoms with van der Waals surface area (Å²) in [7, 11) is -0.771. The van der Waals surface area contributed by atoms with Crippen LogP contribution in [-0.2, 0) is 10.8 Å². The highest BCUT2D eigenvalue weighted by atomic mass is 32.2. The van der Waals surface area contributed by atoms with Crippen molar-refractivity contribution < 1.29 is 14.1 Å². The van der Waals surface area contributed by atoms with Crippen LogP contribution in [0.5, 0.6) is 0 Å². The van der Waals surface area contributed by atoms with E-state index in [9.17, 15) is 9.00 Å². The van der Waals surface area contributed by atoms with Gasteiger partial charge in [-0.2, -0.15) is 0 Å². The maximum Gasteiger partial charge on any atom is 0.337 e. The Morgan fingerprint density at radius 3 is 2.81 bits per heavy atom. The molecule has 1 heterocycles. The van der Waals surface area contributed by atoms with Gasteiger partial charge in [0.1, 0.15) is 5.82 Å². The van der Waals surface area contributed by atoms with E-state index in [0.717, 1.165) is 6.42 Å². The Hall–Kier alpha value is -1.43. The number of nitrogens with one attached hydrogen (secondary N) is 1. The molecule has 0 aliphatic carbocycles. The molecule has 0 fully saturated rings. The molecule has 1 atom stereocenters. The summed E-state index contributed by atoms with van der Waals surface area (Å²) in [4.78, 5) is 14.5. The second kappa shape index (κ2) is 6.22. The van der Waals surface area contributed by atoms with Crippen LogP contribution in [-0.4, -0.2) is 38.8 Å². The van der Waals surface area contributed by atoms with E-state index < -0.39 is 16.8 Å². The minimum absolute atomic E-state index is 0.167. The van der Waals surface area contributed by atoms with Gasteiger partial charge in [0.05, 0.1) is 5.56 Å². The maximum atomic E-state index is 10.8. The first-order chi connectivity index (χ1) is 7.59. The molecule has 0 bridgehead atoms. The summed E-state index contributed by atoms with van der Waals surface area (Å²) in [5, 5.41) is 11.7. The van der Waals surface area contributed by atoms with Crippen molar-refractivity contribution >= 4 is 22.6 Å². The van der Waals surface area contributed by atoms with Gasteiger partial charge < -0.3 is 10.4 Å². The van der Waals surface area contributed by atoms with Crippen molar-refractivity contribution in [3.05, 3.63) is 23.9 Å². The van der Waals surface area contributed by atoms with Gasteiger partial charge in [-0.1, -0.05) is 0 Å². The van der Waals surface area contributed by atoms with Crippen LogP contribution in [0.3, 0.4) is 0 Å². The number of aromatic carboxylic acids is 1. The molecule has 6 heteroatoms. The van der Waals surface area contributed by atoms with Gasteiger partial charge in [-0.3, -0.25) is 4.21 Å². The zero-order valence-corrected chi connectivity index (χ0v) is 9.79. The molecule has 0 aliphatic rings. The summed E-state index contributed by atoms with van der Waals surface area (Å²) in [6.45, 7) is 0.680. The van der Waals surface area contributed by atoms with Gasteiger partial charge in [-0.05, 0) is 18.6 Å². The van der Waals surface area contributed by atoms with Crippen LogP contribution >= 0.6 is 0 Å². The van der Waals surface area contributed by atoms with E-state index in [1.807, 2.05) is 0 Å². The van der Waals surface area contributed by atoms with Gasteiger partial charge in [0, 0.05) is 35.5 Å². The Morgan fingerprint density at radius 1 is 1.56 bits per heavy atom. The van der Waals surface area contributed by atoms with Crippen molar-refractivity contribution in [3.63, 3.8) is 0 Å². The van der Waals surface area contributed by atoms with Crippen molar-refractivity contribution in [2.45, 2.75) is 6.42 Å². The lowest BCUT2D eigenvalue weighted by atomic mass is 10.3. The smallest absolute Gasteiger partial charge is 0.337 e. The number of hydrogen-bond acceptors (Lipinski definition) is 4. The summed E-state index contributed by atoms with van der Waals surface area (Å²) in [6, 6.07) is 3.11. The Kier molecular flexibility index (Phi) is 4.91. The number of pyridine rings is 1. The first-order valence-electron chi connectivity index (χ1n) is 4.83. The van der Waals surface area contributed by atoms with Crippen molar-refractivity contribution in [2.24, 2.45) is 0 Å². The van der Waals surface area contributed by atoms with Gasteiger partial charge >= 0.3 is 5.97 Å². The number of anilines is 1. The predicted octanol–water partition coefficient (Wildman–Crippen LogP) is 0.960. The summed E-state index contributed by atoms with van der Waals surface area (Å²) in [5.74, 6) is 0.299. The molecule has 0 amide bonds. The quantitative estimate of drug-likeness (QED) is 0.726. The third-order valence-corrected chi connectivity index (χ3v) is 2.79. The Labute approximate surface area is 96.4 Å². The SMILES string of the molecule is CS(=O)CCCNc1ccc(C(=O)O)cn1. The molecule has 16 heavy (non-hydrogen) atoms. The molecule has 1 unspecified atom stereocenters. The van der Waals surface area contributed by atoms with Crippen LogP contribution in [0.2, 0.25) is 0 Å². The average Bonchev–Trinajstić information content (AvgIpc) is 2.25. The van der Waals surface area contributed by atoms with E-state index >= 15 is 0 Å². The number of carbonyl (C=O) groups is 1. The molecule has 0 aromatic carbocycles. The second-order valence-corrected chi connectivity index (χ2v) is 4.85. The number of hydrogen-bond donors (Lipinski definition) is 2. The van der Waals surface area contributed by atoms with Crippen molar-refractivity contribution in [2.75, 3.05) is 23.9 Å². The fourth-order valence-corrected chi connectivity index (χ4v) is 1.67. The Balaban J connectivity index is 2.38. The minimum Gasteiger partial charge on any atom is -0.478 e. The predicted molar refractivity (Wildman–Crippen MR) is 63.2 cm³/mol. The standard InChI is InChI=1S/C10H14N2O3S/c1-16(15)6-2-5-11-9-4-3-8(7-12-9)10(13)14/h3-4,7H,2,5-6H2,1H3,(H,11,12)(H,13,14). The molecule has 0 radical (unpaired) electrons. The van der Waals surface area contributed by atoms with Gasteiger partial charge in [0.2, 0.25) is 0 Å². The maximum absolute atomic E-state index is 10.8. The Bertz CT molecular complexity index is 378. The first-order valence-corrected chi connectivity index (χ1v) is 6.55.